The van der Waals surface area contributed by atoms with Gasteiger partial charge < -0.3 is 10.4 Å². The number of nitro benzene ring substituents is 1. The van der Waals surface area contributed by atoms with Gasteiger partial charge in [-0.1, -0.05) is 0 Å². The van der Waals surface area contributed by atoms with Crippen molar-refractivity contribution in [3.05, 3.63) is 32.3 Å². The van der Waals surface area contributed by atoms with Crippen molar-refractivity contribution in [2.45, 2.75) is 18.9 Å². The number of phenolic OH excluding ortho intramolecular Hbond substituents is 1. The lowest BCUT2D eigenvalue weighted by molar-refractivity contribution is -0.385. The minimum Gasteiger partial charge on any atom is -0.506 e. The van der Waals surface area contributed by atoms with Crippen LogP contribution in [0.25, 0.3) is 0 Å². The number of halogens is 1. The van der Waals surface area contributed by atoms with E-state index in [0.717, 1.165) is 19.4 Å². The van der Waals surface area contributed by atoms with Crippen molar-refractivity contribution in [3.8, 4) is 5.75 Å². The van der Waals surface area contributed by atoms with E-state index in [4.69, 9.17) is 0 Å². The van der Waals surface area contributed by atoms with Crippen molar-refractivity contribution >= 4 is 21.6 Å². The van der Waals surface area contributed by atoms with Gasteiger partial charge in [0.05, 0.1) is 9.40 Å². The van der Waals surface area contributed by atoms with Crippen LogP contribution < -0.4 is 5.32 Å². The third kappa shape index (κ3) is 2.03. The molecule has 0 bridgehead atoms. The van der Waals surface area contributed by atoms with Crippen molar-refractivity contribution in [2.24, 2.45) is 0 Å². The fourth-order valence-corrected chi connectivity index (χ4v) is 2.39. The lowest BCUT2D eigenvalue weighted by Gasteiger charge is -2.13. The Labute approximate surface area is 101 Å². The van der Waals surface area contributed by atoms with Crippen LogP contribution in [0, 0.1) is 10.1 Å². The topological polar surface area (TPSA) is 75.4 Å². The molecule has 0 aliphatic carbocycles. The smallest absolute Gasteiger partial charge is 0.271 e. The van der Waals surface area contributed by atoms with Gasteiger partial charge in [0.2, 0.25) is 0 Å². The van der Waals surface area contributed by atoms with Gasteiger partial charge in [0.15, 0.2) is 0 Å². The second kappa shape index (κ2) is 4.39. The lowest BCUT2D eigenvalue weighted by atomic mass is 10.0. The molecule has 5 nitrogen and oxygen atoms in total. The Morgan fingerprint density at radius 3 is 2.88 bits per heavy atom. The lowest BCUT2D eigenvalue weighted by Crippen LogP contribution is -2.13. The quantitative estimate of drug-likeness (QED) is 0.647. The van der Waals surface area contributed by atoms with E-state index in [1.165, 1.54) is 12.1 Å². The van der Waals surface area contributed by atoms with Gasteiger partial charge in [-0.25, -0.2) is 0 Å². The van der Waals surface area contributed by atoms with Crippen molar-refractivity contribution in [2.75, 3.05) is 6.54 Å². The fraction of sp³-hybridized carbons (Fsp3) is 0.400. The molecule has 0 radical (unpaired) electrons. The molecule has 1 aliphatic heterocycles. The molecular formula is C10H11BrN2O3. The van der Waals surface area contributed by atoms with Crippen LogP contribution in [0.3, 0.4) is 0 Å². The molecular weight excluding hydrogens is 276 g/mol. The van der Waals surface area contributed by atoms with E-state index in [2.05, 4.69) is 21.2 Å². The number of non-ortho nitro benzene ring substituents is 1. The van der Waals surface area contributed by atoms with Crippen molar-refractivity contribution in [3.63, 3.8) is 0 Å². The molecule has 16 heavy (non-hydrogen) atoms. The normalized spacial score (nSPS) is 19.9. The van der Waals surface area contributed by atoms with Crippen LogP contribution >= 0.6 is 15.9 Å². The number of nitro groups is 1. The first-order chi connectivity index (χ1) is 7.59. The van der Waals surface area contributed by atoms with Gasteiger partial charge in [0.1, 0.15) is 5.75 Å². The molecule has 1 fully saturated rings. The van der Waals surface area contributed by atoms with E-state index in [1.807, 2.05) is 0 Å². The highest BCUT2D eigenvalue weighted by molar-refractivity contribution is 9.10. The number of rotatable bonds is 2. The summed E-state index contributed by atoms with van der Waals surface area (Å²) in [4.78, 5) is 10.3. The molecule has 0 saturated carbocycles. The Bertz CT molecular complexity index is 430. The highest BCUT2D eigenvalue weighted by Crippen LogP contribution is 2.38. The molecule has 2 N–H and O–H groups in total. The maximum atomic E-state index is 10.7. The monoisotopic (exact) mass is 286 g/mol. The number of benzene rings is 1. The summed E-state index contributed by atoms with van der Waals surface area (Å²) in [6, 6.07) is 2.76. The van der Waals surface area contributed by atoms with Crippen LogP contribution in [0.5, 0.6) is 5.75 Å². The van der Waals surface area contributed by atoms with Crippen LogP contribution in [0.1, 0.15) is 24.4 Å². The molecule has 1 aromatic rings. The third-order valence-corrected chi connectivity index (χ3v) is 3.33. The molecule has 0 amide bonds. The zero-order valence-corrected chi connectivity index (χ0v) is 10.0. The van der Waals surface area contributed by atoms with Gasteiger partial charge >= 0.3 is 0 Å². The molecule has 0 aromatic heterocycles. The van der Waals surface area contributed by atoms with E-state index in [1.54, 1.807) is 0 Å². The van der Waals surface area contributed by atoms with E-state index >= 15 is 0 Å². The molecule has 2 rings (SSSR count). The Hall–Kier alpha value is -1.14. The number of nitrogens with zero attached hydrogens (tertiary/aromatic N) is 1. The maximum Gasteiger partial charge on any atom is 0.271 e. The number of aromatic hydroxyl groups is 1. The summed E-state index contributed by atoms with van der Waals surface area (Å²) in [5.74, 6) is 0.0880. The van der Waals surface area contributed by atoms with Crippen LogP contribution in [-0.4, -0.2) is 16.6 Å². The predicted octanol–water partition coefficient (Wildman–Crippen LogP) is 2.49. The van der Waals surface area contributed by atoms with Gasteiger partial charge in [-0.15, -0.1) is 0 Å². The number of hydrogen-bond acceptors (Lipinski definition) is 4. The summed E-state index contributed by atoms with van der Waals surface area (Å²) in [5.41, 5.74) is 0.590. The number of phenols is 1. The minimum absolute atomic E-state index is 0.00613. The molecule has 0 unspecified atom stereocenters. The van der Waals surface area contributed by atoms with E-state index < -0.39 is 4.92 Å². The summed E-state index contributed by atoms with van der Waals surface area (Å²) in [5, 5.41) is 23.8. The van der Waals surface area contributed by atoms with Crippen LogP contribution in [0.15, 0.2) is 16.6 Å². The first-order valence-electron chi connectivity index (χ1n) is 5.00. The molecule has 1 aliphatic rings. The van der Waals surface area contributed by atoms with Crippen LogP contribution in [0.2, 0.25) is 0 Å². The second-order valence-electron chi connectivity index (χ2n) is 3.77. The molecule has 0 spiro atoms. The van der Waals surface area contributed by atoms with Crippen molar-refractivity contribution in [1.82, 2.24) is 5.32 Å². The van der Waals surface area contributed by atoms with Gasteiger partial charge in [0, 0.05) is 23.7 Å². The zero-order valence-electron chi connectivity index (χ0n) is 8.44. The van der Waals surface area contributed by atoms with Gasteiger partial charge in [-0.2, -0.15) is 0 Å². The summed E-state index contributed by atoms with van der Waals surface area (Å²) in [7, 11) is 0. The predicted molar refractivity (Wildman–Crippen MR) is 62.4 cm³/mol. The van der Waals surface area contributed by atoms with Gasteiger partial charge in [-0.05, 0) is 35.3 Å². The Kier molecular flexibility index (Phi) is 3.11. The molecule has 1 atom stereocenters. The minimum atomic E-state index is -0.456. The molecule has 1 saturated heterocycles. The second-order valence-corrected chi connectivity index (χ2v) is 4.63. The first-order valence-corrected chi connectivity index (χ1v) is 5.79. The summed E-state index contributed by atoms with van der Waals surface area (Å²) in [6.45, 7) is 0.879. The highest BCUT2D eigenvalue weighted by Gasteiger charge is 2.23. The van der Waals surface area contributed by atoms with E-state index in [0.29, 0.717) is 10.0 Å². The molecule has 1 heterocycles. The van der Waals surface area contributed by atoms with E-state index in [-0.39, 0.29) is 17.5 Å². The molecule has 1 aromatic carbocycles. The summed E-state index contributed by atoms with van der Waals surface area (Å²) < 4.78 is 0.366. The number of hydrogen-bond donors (Lipinski definition) is 2. The van der Waals surface area contributed by atoms with Crippen molar-refractivity contribution < 1.29 is 10.0 Å². The Morgan fingerprint density at radius 2 is 2.31 bits per heavy atom. The third-order valence-electron chi connectivity index (χ3n) is 2.72. The van der Waals surface area contributed by atoms with Gasteiger partial charge in [0.25, 0.3) is 5.69 Å². The van der Waals surface area contributed by atoms with E-state index in [9.17, 15) is 15.2 Å². The van der Waals surface area contributed by atoms with Gasteiger partial charge in [-0.3, -0.25) is 10.1 Å². The zero-order chi connectivity index (χ0) is 11.7. The average molecular weight is 287 g/mol. The SMILES string of the molecule is O=[N+]([O-])c1cc(Br)c(O)c([C@H]2CCCN2)c1. The summed E-state index contributed by atoms with van der Waals surface area (Å²) in [6.07, 6.45) is 1.91. The average Bonchev–Trinajstić information content (AvgIpc) is 2.74. The largest absolute Gasteiger partial charge is 0.506 e. The fourth-order valence-electron chi connectivity index (χ4n) is 1.93. The first kappa shape index (κ1) is 11.3. The number of nitrogens with one attached hydrogen (secondary N) is 1. The highest BCUT2D eigenvalue weighted by atomic mass is 79.9. The van der Waals surface area contributed by atoms with Crippen molar-refractivity contribution in [1.29, 1.82) is 0 Å². The molecule has 6 heteroatoms. The maximum absolute atomic E-state index is 10.7. The Balaban J connectivity index is 2.45. The molecule has 86 valence electrons. The standard InChI is InChI=1S/C10H11BrN2O3/c11-8-5-6(13(15)16)4-7(10(8)14)9-2-1-3-12-9/h4-5,9,12,14H,1-3H2/t9-/m1/s1. The van der Waals surface area contributed by atoms with Crippen LogP contribution in [-0.2, 0) is 0 Å². The Morgan fingerprint density at radius 1 is 1.56 bits per heavy atom. The summed E-state index contributed by atoms with van der Waals surface area (Å²) >= 11 is 3.13. The van der Waals surface area contributed by atoms with Crippen LogP contribution in [0.4, 0.5) is 5.69 Å².